The van der Waals surface area contributed by atoms with Crippen molar-refractivity contribution in [3.05, 3.63) is 71.8 Å². The number of rotatable bonds is 3. The number of nitrogens with zero attached hydrogens (tertiary/aromatic N) is 1. The number of hydrogen-bond donors (Lipinski definition) is 0. The van der Waals surface area contributed by atoms with Crippen molar-refractivity contribution in [3.8, 4) is 27.4 Å². The van der Waals surface area contributed by atoms with E-state index in [0.29, 0.717) is 5.02 Å². The fourth-order valence-corrected chi connectivity index (χ4v) is 3.92. The highest BCUT2D eigenvalue weighted by Gasteiger charge is 2.14. The molecule has 4 aromatic rings. The van der Waals surface area contributed by atoms with Crippen molar-refractivity contribution < 1.29 is 4.74 Å². The Balaban J connectivity index is 1.93. The summed E-state index contributed by atoms with van der Waals surface area (Å²) in [5.74, 6) is 0.754. The van der Waals surface area contributed by atoms with E-state index in [1.807, 2.05) is 36.4 Å². The van der Waals surface area contributed by atoms with Crippen LogP contribution in [0.3, 0.4) is 0 Å². The van der Waals surface area contributed by atoms with E-state index in [0.717, 1.165) is 37.7 Å². The van der Waals surface area contributed by atoms with Crippen LogP contribution in [0, 0.1) is 0 Å². The van der Waals surface area contributed by atoms with Gasteiger partial charge in [0.05, 0.1) is 17.3 Å². The summed E-state index contributed by atoms with van der Waals surface area (Å²) in [6.07, 6.45) is 0. The molecule has 1 aromatic heterocycles. The molecule has 0 atom stereocenters. The zero-order chi connectivity index (χ0) is 16.5. The molecule has 0 N–H and O–H groups in total. The smallest absolute Gasteiger partial charge is 0.128 e. The van der Waals surface area contributed by atoms with Gasteiger partial charge < -0.3 is 4.74 Å². The molecule has 0 bridgehead atoms. The molecule has 118 valence electrons. The minimum Gasteiger partial charge on any atom is -0.496 e. The molecule has 0 radical (unpaired) electrons. The lowest BCUT2D eigenvalue weighted by atomic mass is 10.0. The summed E-state index contributed by atoms with van der Waals surface area (Å²) < 4.78 is 6.67. The van der Waals surface area contributed by atoms with E-state index in [1.54, 1.807) is 18.4 Å². The van der Waals surface area contributed by atoms with Crippen LogP contribution < -0.4 is 4.74 Å². The van der Waals surface area contributed by atoms with Crippen LogP contribution in [0.25, 0.3) is 31.9 Å². The average Bonchev–Trinajstić information content (AvgIpc) is 3.07. The maximum absolute atomic E-state index is 6.09. The van der Waals surface area contributed by atoms with Gasteiger partial charge >= 0.3 is 0 Å². The van der Waals surface area contributed by atoms with Crippen LogP contribution in [0.4, 0.5) is 0 Å². The van der Waals surface area contributed by atoms with Gasteiger partial charge in [-0.15, -0.1) is 11.3 Å². The Morgan fingerprint density at radius 3 is 2.54 bits per heavy atom. The van der Waals surface area contributed by atoms with Crippen molar-refractivity contribution in [1.29, 1.82) is 0 Å². The van der Waals surface area contributed by atoms with Crippen molar-refractivity contribution in [2.24, 2.45) is 0 Å². The molecule has 4 heteroatoms. The van der Waals surface area contributed by atoms with Gasteiger partial charge in [0, 0.05) is 21.7 Å². The molecular weight excluding hydrogens is 338 g/mol. The molecule has 0 saturated carbocycles. The predicted molar refractivity (Wildman–Crippen MR) is 102 cm³/mol. The first-order valence-corrected chi connectivity index (χ1v) is 8.74. The van der Waals surface area contributed by atoms with Gasteiger partial charge in [0.2, 0.25) is 0 Å². The molecule has 2 nitrogen and oxygen atoms in total. The molecular formula is C20H14ClNOS. The standard InChI is InChI=1S/C20H14ClNOS/c1-23-17-12-14(21)10-11-15(17)16-8-5-9-18-19(16)22-20(24-18)13-6-3-2-4-7-13/h2-12H,1H3. The van der Waals surface area contributed by atoms with Crippen LogP contribution in [0.1, 0.15) is 0 Å². The maximum Gasteiger partial charge on any atom is 0.128 e. The first-order valence-electron chi connectivity index (χ1n) is 7.55. The molecule has 3 aromatic carbocycles. The van der Waals surface area contributed by atoms with E-state index in [-0.39, 0.29) is 0 Å². The number of para-hydroxylation sites is 1. The zero-order valence-electron chi connectivity index (χ0n) is 13.0. The van der Waals surface area contributed by atoms with Crippen molar-refractivity contribution in [3.63, 3.8) is 0 Å². The van der Waals surface area contributed by atoms with Gasteiger partial charge in [0.15, 0.2) is 0 Å². The first-order chi connectivity index (χ1) is 11.8. The highest BCUT2D eigenvalue weighted by molar-refractivity contribution is 7.21. The fraction of sp³-hybridized carbons (Fsp3) is 0.0500. The third-order valence-electron chi connectivity index (χ3n) is 3.89. The quantitative estimate of drug-likeness (QED) is 0.432. The number of hydrogen-bond acceptors (Lipinski definition) is 3. The van der Waals surface area contributed by atoms with Crippen molar-refractivity contribution >= 4 is 33.2 Å². The lowest BCUT2D eigenvalue weighted by Crippen LogP contribution is -1.89. The number of ether oxygens (including phenoxy) is 1. The van der Waals surface area contributed by atoms with E-state index in [2.05, 4.69) is 30.3 Å². The molecule has 1 heterocycles. The molecule has 4 rings (SSSR count). The van der Waals surface area contributed by atoms with Gasteiger partial charge in [-0.3, -0.25) is 0 Å². The summed E-state index contributed by atoms with van der Waals surface area (Å²) in [7, 11) is 1.66. The van der Waals surface area contributed by atoms with E-state index < -0.39 is 0 Å². The van der Waals surface area contributed by atoms with E-state index in [9.17, 15) is 0 Å². The Bertz CT molecular complexity index is 1010. The molecule has 0 amide bonds. The van der Waals surface area contributed by atoms with E-state index in [4.69, 9.17) is 21.3 Å². The van der Waals surface area contributed by atoms with Gasteiger partial charge in [0.25, 0.3) is 0 Å². The molecule has 0 fully saturated rings. The lowest BCUT2D eigenvalue weighted by Gasteiger charge is -2.09. The molecule has 0 aliphatic heterocycles. The number of fused-ring (bicyclic) bond motifs is 1. The van der Waals surface area contributed by atoms with Gasteiger partial charge in [-0.05, 0) is 24.3 Å². The third-order valence-corrected chi connectivity index (χ3v) is 5.20. The predicted octanol–water partition coefficient (Wildman–Crippen LogP) is 6.29. The fourth-order valence-electron chi connectivity index (χ4n) is 2.76. The highest BCUT2D eigenvalue weighted by Crippen LogP contribution is 2.39. The summed E-state index contributed by atoms with van der Waals surface area (Å²) >= 11 is 7.79. The summed E-state index contributed by atoms with van der Waals surface area (Å²) in [5, 5.41) is 1.68. The highest BCUT2D eigenvalue weighted by atomic mass is 35.5. The Kier molecular flexibility index (Phi) is 3.97. The molecule has 24 heavy (non-hydrogen) atoms. The van der Waals surface area contributed by atoms with Crippen LogP contribution in [-0.2, 0) is 0 Å². The van der Waals surface area contributed by atoms with E-state index >= 15 is 0 Å². The van der Waals surface area contributed by atoms with Crippen LogP contribution in [0.15, 0.2) is 66.7 Å². The second kappa shape index (κ2) is 6.27. The van der Waals surface area contributed by atoms with Crippen LogP contribution in [0.5, 0.6) is 5.75 Å². The minimum atomic E-state index is 0.658. The van der Waals surface area contributed by atoms with E-state index in [1.165, 1.54) is 0 Å². The Morgan fingerprint density at radius 1 is 0.917 bits per heavy atom. The number of thiazole rings is 1. The number of aromatic nitrogens is 1. The maximum atomic E-state index is 6.09. The Morgan fingerprint density at radius 2 is 1.75 bits per heavy atom. The van der Waals surface area contributed by atoms with Gasteiger partial charge in [-0.2, -0.15) is 0 Å². The monoisotopic (exact) mass is 351 g/mol. The minimum absolute atomic E-state index is 0.658. The first kappa shape index (κ1) is 15.2. The second-order valence-corrected chi connectivity index (χ2v) is 6.85. The van der Waals surface area contributed by atoms with Crippen LogP contribution >= 0.6 is 22.9 Å². The summed E-state index contributed by atoms with van der Waals surface area (Å²) in [6.45, 7) is 0. The lowest BCUT2D eigenvalue weighted by molar-refractivity contribution is 0.416. The number of halogens is 1. The normalized spacial score (nSPS) is 10.9. The van der Waals surface area contributed by atoms with Gasteiger partial charge in [-0.1, -0.05) is 54.1 Å². The van der Waals surface area contributed by atoms with Gasteiger partial charge in [0.1, 0.15) is 10.8 Å². The van der Waals surface area contributed by atoms with Crippen LogP contribution in [-0.4, -0.2) is 12.1 Å². The second-order valence-electron chi connectivity index (χ2n) is 5.38. The molecule has 0 aliphatic carbocycles. The molecule has 0 unspecified atom stereocenters. The average molecular weight is 352 g/mol. The van der Waals surface area contributed by atoms with Crippen molar-refractivity contribution in [2.45, 2.75) is 0 Å². The summed E-state index contributed by atoms with van der Waals surface area (Å²) in [5.41, 5.74) is 4.17. The third kappa shape index (κ3) is 2.66. The van der Waals surface area contributed by atoms with Crippen molar-refractivity contribution in [2.75, 3.05) is 7.11 Å². The molecule has 0 saturated heterocycles. The van der Waals surface area contributed by atoms with Gasteiger partial charge in [-0.25, -0.2) is 4.98 Å². The largest absolute Gasteiger partial charge is 0.496 e. The van der Waals surface area contributed by atoms with Crippen LogP contribution in [0.2, 0.25) is 5.02 Å². The van der Waals surface area contributed by atoms with Crippen molar-refractivity contribution in [1.82, 2.24) is 4.98 Å². The number of benzene rings is 3. The molecule has 0 aliphatic rings. The molecule has 0 spiro atoms. The Hall–Kier alpha value is -2.36. The summed E-state index contributed by atoms with van der Waals surface area (Å²) in [6, 6.07) is 22.2. The number of methoxy groups -OCH3 is 1. The topological polar surface area (TPSA) is 22.1 Å². The Labute approximate surface area is 149 Å². The zero-order valence-corrected chi connectivity index (χ0v) is 14.6. The SMILES string of the molecule is COc1cc(Cl)ccc1-c1cccc2sc(-c3ccccc3)nc12. The summed E-state index contributed by atoms with van der Waals surface area (Å²) in [4.78, 5) is 4.89.